The first-order valence-corrected chi connectivity index (χ1v) is 9.10. The van der Waals surface area contributed by atoms with Crippen molar-refractivity contribution in [3.8, 4) is 0 Å². The minimum Gasteiger partial charge on any atom is -0.478 e. The SMILES string of the molecule is C[C@@H](N)C1C=CC=CC1c1sc2c(c1C(=O)O)CC(C)(C)CC2. The van der Waals surface area contributed by atoms with Crippen LogP contribution in [0.5, 0.6) is 0 Å². The molecule has 3 nitrogen and oxygen atoms in total. The number of aryl methyl sites for hydroxylation is 1. The molecule has 4 heteroatoms. The van der Waals surface area contributed by atoms with Gasteiger partial charge < -0.3 is 10.8 Å². The van der Waals surface area contributed by atoms with Crippen LogP contribution in [-0.4, -0.2) is 17.1 Å². The zero-order valence-electron chi connectivity index (χ0n) is 14.0. The molecular formula is C19H25NO2S. The molecule has 23 heavy (non-hydrogen) atoms. The molecule has 2 aliphatic rings. The molecule has 0 radical (unpaired) electrons. The van der Waals surface area contributed by atoms with E-state index in [0.29, 0.717) is 5.56 Å². The van der Waals surface area contributed by atoms with Gasteiger partial charge in [0.25, 0.3) is 0 Å². The van der Waals surface area contributed by atoms with Gasteiger partial charge in [-0.25, -0.2) is 4.79 Å². The second kappa shape index (κ2) is 5.91. The number of nitrogens with two attached hydrogens (primary N) is 1. The summed E-state index contributed by atoms with van der Waals surface area (Å²) < 4.78 is 0. The van der Waals surface area contributed by atoms with E-state index in [1.165, 1.54) is 4.88 Å². The number of aromatic carboxylic acids is 1. The molecule has 3 N–H and O–H groups in total. The van der Waals surface area contributed by atoms with Gasteiger partial charge in [-0.3, -0.25) is 0 Å². The van der Waals surface area contributed by atoms with E-state index in [1.54, 1.807) is 11.3 Å². The van der Waals surface area contributed by atoms with Crippen molar-refractivity contribution in [2.24, 2.45) is 17.1 Å². The highest BCUT2D eigenvalue weighted by molar-refractivity contribution is 7.12. The summed E-state index contributed by atoms with van der Waals surface area (Å²) in [5.74, 6) is -0.558. The van der Waals surface area contributed by atoms with Gasteiger partial charge in [0, 0.05) is 27.6 Å². The third-order valence-electron chi connectivity index (χ3n) is 5.10. The normalized spacial score (nSPS) is 26.8. The van der Waals surface area contributed by atoms with Crippen LogP contribution >= 0.6 is 11.3 Å². The average Bonchev–Trinajstić information content (AvgIpc) is 2.84. The fraction of sp³-hybridized carbons (Fsp3) is 0.526. The highest BCUT2D eigenvalue weighted by Crippen LogP contribution is 2.46. The monoisotopic (exact) mass is 331 g/mol. The van der Waals surface area contributed by atoms with E-state index in [-0.39, 0.29) is 23.3 Å². The van der Waals surface area contributed by atoms with Crippen LogP contribution in [0, 0.1) is 11.3 Å². The zero-order chi connectivity index (χ0) is 16.8. The van der Waals surface area contributed by atoms with Gasteiger partial charge in [-0.1, -0.05) is 38.2 Å². The fourth-order valence-corrected chi connectivity index (χ4v) is 5.25. The van der Waals surface area contributed by atoms with Crippen molar-refractivity contribution in [2.75, 3.05) is 0 Å². The van der Waals surface area contributed by atoms with Gasteiger partial charge in [0.1, 0.15) is 0 Å². The largest absolute Gasteiger partial charge is 0.478 e. The number of hydrogen-bond acceptors (Lipinski definition) is 3. The lowest BCUT2D eigenvalue weighted by molar-refractivity contribution is 0.0693. The summed E-state index contributed by atoms with van der Waals surface area (Å²) in [6.45, 7) is 6.46. The van der Waals surface area contributed by atoms with Gasteiger partial charge in [0.05, 0.1) is 5.56 Å². The Hall–Kier alpha value is -1.39. The number of carboxylic acid groups (broad SMARTS) is 1. The van der Waals surface area contributed by atoms with E-state index < -0.39 is 5.97 Å². The van der Waals surface area contributed by atoms with Crippen LogP contribution in [-0.2, 0) is 12.8 Å². The van der Waals surface area contributed by atoms with Crippen molar-refractivity contribution in [1.29, 1.82) is 0 Å². The number of hydrogen-bond donors (Lipinski definition) is 2. The Morgan fingerprint density at radius 2 is 2.09 bits per heavy atom. The molecule has 0 aromatic carbocycles. The van der Waals surface area contributed by atoms with Crippen LogP contribution in [0.2, 0.25) is 0 Å². The Morgan fingerprint density at radius 1 is 1.39 bits per heavy atom. The first kappa shape index (κ1) is 16.5. The first-order chi connectivity index (χ1) is 10.8. The molecule has 124 valence electrons. The number of carbonyl (C=O) groups is 1. The third-order valence-corrected chi connectivity index (χ3v) is 6.50. The van der Waals surface area contributed by atoms with Crippen molar-refractivity contribution < 1.29 is 9.90 Å². The number of allylic oxidation sites excluding steroid dienone is 3. The van der Waals surface area contributed by atoms with Gasteiger partial charge in [-0.15, -0.1) is 11.3 Å². The summed E-state index contributed by atoms with van der Waals surface area (Å²) in [5, 5.41) is 9.87. The van der Waals surface area contributed by atoms with Gasteiger partial charge in [0.2, 0.25) is 0 Å². The van der Waals surface area contributed by atoms with Crippen LogP contribution in [0.15, 0.2) is 24.3 Å². The van der Waals surface area contributed by atoms with Crippen LogP contribution in [0.3, 0.4) is 0 Å². The van der Waals surface area contributed by atoms with Crippen molar-refractivity contribution in [2.45, 2.75) is 52.0 Å². The molecule has 0 spiro atoms. The molecular weight excluding hydrogens is 306 g/mol. The van der Waals surface area contributed by atoms with Crippen molar-refractivity contribution >= 4 is 17.3 Å². The fourth-order valence-electron chi connectivity index (χ4n) is 3.80. The van der Waals surface area contributed by atoms with Crippen LogP contribution < -0.4 is 5.73 Å². The van der Waals surface area contributed by atoms with E-state index in [0.717, 1.165) is 29.7 Å². The van der Waals surface area contributed by atoms with Crippen molar-refractivity contribution in [3.05, 3.63) is 45.2 Å². The van der Waals surface area contributed by atoms with Crippen LogP contribution in [0.1, 0.15) is 58.8 Å². The van der Waals surface area contributed by atoms with E-state index in [4.69, 9.17) is 5.73 Å². The number of rotatable bonds is 3. The summed E-state index contributed by atoms with van der Waals surface area (Å²) >= 11 is 1.70. The topological polar surface area (TPSA) is 63.3 Å². The highest BCUT2D eigenvalue weighted by atomic mass is 32.1. The van der Waals surface area contributed by atoms with Crippen molar-refractivity contribution in [3.63, 3.8) is 0 Å². The molecule has 0 bridgehead atoms. The van der Waals surface area contributed by atoms with E-state index >= 15 is 0 Å². The third kappa shape index (κ3) is 3.02. The van der Waals surface area contributed by atoms with Gasteiger partial charge in [0.15, 0.2) is 0 Å². The smallest absolute Gasteiger partial charge is 0.337 e. The van der Waals surface area contributed by atoms with Gasteiger partial charge in [-0.2, -0.15) is 0 Å². The number of carboxylic acids is 1. The predicted molar refractivity (Wildman–Crippen MR) is 95.2 cm³/mol. The quantitative estimate of drug-likeness (QED) is 0.875. The molecule has 1 aromatic heterocycles. The Kier molecular flexibility index (Phi) is 4.23. The molecule has 0 saturated carbocycles. The molecule has 1 aromatic rings. The number of thiophene rings is 1. The lowest BCUT2D eigenvalue weighted by atomic mass is 9.75. The number of fused-ring (bicyclic) bond motifs is 1. The summed E-state index contributed by atoms with van der Waals surface area (Å²) in [6, 6.07) is -0.00147. The zero-order valence-corrected chi connectivity index (χ0v) is 14.8. The van der Waals surface area contributed by atoms with E-state index in [1.807, 2.05) is 19.1 Å². The highest BCUT2D eigenvalue weighted by Gasteiger charge is 2.36. The van der Waals surface area contributed by atoms with Gasteiger partial charge in [-0.05, 0) is 37.2 Å². The first-order valence-electron chi connectivity index (χ1n) is 8.28. The van der Waals surface area contributed by atoms with Crippen LogP contribution in [0.4, 0.5) is 0 Å². The summed E-state index contributed by atoms with van der Waals surface area (Å²) in [6.07, 6.45) is 11.2. The Balaban J connectivity index is 2.10. The molecule has 0 fully saturated rings. The lowest BCUT2D eigenvalue weighted by Crippen LogP contribution is -2.30. The minimum atomic E-state index is -0.790. The van der Waals surface area contributed by atoms with Crippen molar-refractivity contribution in [1.82, 2.24) is 0 Å². The van der Waals surface area contributed by atoms with Crippen LogP contribution in [0.25, 0.3) is 0 Å². The summed E-state index contributed by atoms with van der Waals surface area (Å²) in [5.41, 5.74) is 7.96. The molecule has 3 rings (SSSR count). The molecule has 0 aliphatic heterocycles. The van der Waals surface area contributed by atoms with E-state index in [9.17, 15) is 9.90 Å². The maximum Gasteiger partial charge on any atom is 0.337 e. The molecule has 0 amide bonds. The van der Waals surface area contributed by atoms with Gasteiger partial charge >= 0.3 is 5.97 Å². The molecule has 1 heterocycles. The standard InChI is InChI=1S/C19H25NO2S/c1-11(20)12-6-4-5-7-13(12)17-16(18(21)22)14-10-19(2,3)9-8-15(14)23-17/h4-7,11-13H,8-10,20H2,1-3H3,(H,21,22)/t11-,12?,13?/m1/s1. The molecule has 2 unspecified atom stereocenters. The second-order valence-electron chi connectivity index (χ2n) is 7.62. The Morgan fingerprint density at radius 3 is 2.74 bits per heavy atom. The Labute approximate surface area is 141 Å². The summed E-state index contributed by atoms with van der Waals surface area (Å²) in [4.78, 5) is 14.3. The molecule has 3 atom stereocenters. The Bertz CT molecular complexity index is 682. The maximum absolute atomic E-state index is 12.0. The summed E-state index contributed by atoms with van der Waals surface area (Å²) in [7, 11) is 0. The lowest BCUT2D eigenvalue weighted by Gasteiger charge is -2.29. The maximum atomic E-state index is 12.0. The second-order valence-corrected chi connectivity index (χ2v) is 8.76. The predicted octanol–water partition coefficient (Wildman–Crippen LogP) is 4.13. The average molecular weight is 331 g/mol. The van der Waals surface area contributed by atoms with E-state index in [2.05, 4.69) is 26.0 Å². The molecule has 0 saturated heterocycles. The minimum absolute atomic E-state index is 0.00147. The molecule has 2 aliphatic carbocycles.